The average Bonchev–Trinajstić information content (AvgIpc) is 3.08. The first-order chi connectivity index (χ1) is 11.1. The lowest BCUT2D eigenvalue weighted by Crippen LogP contribution is -2.55. The van der Waals surface area contributed by atoms with Gasteiger partial charge in [-0.15, -0.1) is 0 Å². The number of hydrogen-bond donors (Lipinski definition) is 2. The molecule has 1 aliphatic heterocycles. The van der Waals surface area contributed by atoms with E-state index in [1.807, 2.05) is 4.90 Å². The molecule has 126 valence electrons. The van der Waals surface area contributed by atoms with Gasteiger partial charge >= 0.3 is 0 Å². The zero-order valence-corrected chi connectivity index (χ0v) is 13.3. The Bertz CT molecular complexity index is 545. The molecule has 0 spiro atoms. The van der Waals surface area contributed by atoms with Gasteiger partial charge in [0.25, 0.3) is 0 Å². The Hall–Kier alpha value is -1.69. The standard InChI is InChI=1S/C17H24FN3O2/c18-14-6-7-15(19-10-14)21-9-3-8-17(23,12-21)11-20-16(22)13-4-1-2-5-13/h6-7,10,13,23H,1-5,8-9,11-12H2,(H,20,22). The number of nitrogens with zero attached hydrogens (tertiary/aromatic N) is 2. The summed E-state index contributed by atoms with van der Waals surface area (Å²) < 4.78 is 13.0. The van der Waals surface area contributed by atoms with Crippen LogP contribution in [0, 0.1) is 11.7 Å². The van der Waals surface area contributed by atoms with Crippen molar-refractivity contribution in [2.45, 2.75) is 44.1 Å². The number of hydrogen-bond acceptors (Lipinski definition) is 4. The van der Waals surface area contributed by atoms with Crippen LogP contribution in [0.5, 0.6) is 0 Å². The highest BCUT2D eigenvalue weighted by Crippen LogP contribution is 2.27. The Labute approximate surface area is 135 Å². The first-order valence-corrected chi connectivity index (χ1v) is 8.42. The van der Waals surface area contributed by atoms with Crippen molar-refractivity contribution in [1.82, 2.24) is 10.3 Å². The van der Waals surface area contributed by atoms with Crippen LogP contribution in [0.4, 0.5) is 10.2 Å². The molecule has 1 aromatic rings. The van der Waals surface area contributed by atoms with Crippen molar-refractivity contribution >= 4 is 11.7 Å². The van der Waals surface area contributed by atoms with Crippen LogP contribution in [0.2, 0.25) is 0 Å². The topological polar surface area (TPSA) is 65.5 Å². The van der Waals surface area contributed by atoms with Gasteiger partial charge in [-0.25, -0.2) is 9.37 Å². The molecule has 2 N–H and O–H groups in total. The molecule has 23 heavy (non-hydrogen) atoms. The SMILES string of the molecule is O=C(NCC1(O)CCCN(c2ccc(F)cn2)C1)C1CCCC1. The maximum atomic E-state index is 13.0. The van der Waals surface area contributed by atoms with E-state index >= 15 is 0 Å². The van der Waals surface area contributed by atoms with Gasteiger partial charge < -0.3 is 15.3 Å². The second-order valence-electron chi connectivity index (χ2n) is 6.78. The number of aromatic nitrogens is 1. The summed E-state index contributed by atoms with van der Waals surface area (Å²) in [5.74, 6) is 0.460. The molecule has 2 fully saturated rings. The minimum absolute atomic E-state index is 0.0629. The Balaban J connectivity index is 1.57. The van der Waals surface area contributed by atoms with E-state index in [1.54, 1.807) is 6.07 Å². The third-order valence-corrected chi connectivity index (χ3v) is 4.91. The van der Waals surface area contributed by atoms with Gasteiger partial charge in [-0.05, 0) is 37.8 Å². The number of rotatable bonds is 4. The molecule has 1 unspecified atom stereocenters. The van der Waals surface area contributed by atoms with Crippen molar-refractivity contribution < 1.29 is 14.3 Å². The quantitative estimate of drug-likeness (QED) is 0.888. The molecule has 1 saturated carbocycles. The maximum absolute atomic E-state index is 13.0. The fourth-order valence-electron chi connectivity index (χ4n) is 3.59. The molecule has 5 nitrogen and oxygen atoms in total. The molecular weight excluding hydrogens is 297 g/mol. The van der Waals surface area contributed by atoms with Crippen molar-refractivity contribution in [2.24, 2.45) is 5.92 Å². The first kappa shape index (κ1) is 16.2. The number of piperidine rings is 1. The van der Waals surface area contributed by atoms with Crippen molar-refractivity contribution in [1.29, 1.82) is 0 Å². The Morgan fingerprint density at radius 1 is 1.39 bits per heavy atom. The average molecular weight is 321 g/mol. The van der Waals surface area contributed by atoms with Gasteiger partial charge in [0.05, 0.1) is 11.8 Å². The van der Waals surface area contributed by atoms with Gasteiger partial charge in [0.1, 0.15) is 11.6 Å². The number of nitrogens with one attached hydrogen (secondary N) is 1. The third-order valence-electron chi connectivity index (χ3n) is 4.91. The minimum Gasteiger partial charge on any atom is -0.386 e. The minimum atomic E-state index is -0.956. The zero-order chi connectivity index (χ0) is 16.3. The molecule has 1 amide bonds. The zero-order valence-electron chi connectivity index (χ0n) is 13.3. The summed E-state index contributed by atoms with van der Waals surface area (Å²) in [6, 6.07) is 3.00. The van der Waals surface area contributed by atoms with E-state index in [4.69, 9.17) is 0 Å². The number of carbonyl (C=O) groups excluding carboxylic acids is 1. The third kappa shape index (κ3) is 3.99. The van der Waals surface area contributed by atoms with Gasteiger partial charge in [0, 0.05) is 25.6 Å². The van der Waals surface area contributed by atoms with Crippen molar-refractivity contribution in [3.63, 3.8) is 0 Å². The fourth-order valence-corrected chi connectivity index (χ4v) is 3.59. The molecule has 0 bridgehead atoms. The monoisotopic (exact) mass is 321 g/mol. The lowest BCUT2D eigenvalue weighted by molar-refractivity contribution is -0.126. The van der Waals surface area contributed by atoms with Crippen LogP contribution in [0.25, 0.3) is 0 Å². The summed E-state index contributed by atoms with van der Waals surface area (Å²) in [5, 5.41) is 13.7. The highest BCUT2D eigenvalue weighted by molar-refractivity contribution is 5.78. The molecule has 6 heteroatoms. The lowest BCUT2D eigenvalue weighted by atomic mass is 9.92. The molecule has 2 aliphatic rings. The first-order valence-electron chi connectivity index (χ1n) is 8.42. The van der Waals surface area contributed by atoms with Crippen molar-refractivity contribution in [3.8, 4) is 0 Å². The van der Waals surface area contributed by atoms with Gasteiger partial charge in [-0.3, -0.25) is 4.79 Å². The van der Waals surface area contributed by atoms with E-state index in [9.17, 15) is 14.3 Å². The Kier molecular flexibility index (Phi) is 4.80. The molecule has 1 saturated heterocycles. The van der Waals surface area contributed by atoms with E-state index in [0.29, 0.717) is 18.8 Å². The predicted octanol–water partition coefficient (Wildman–Crippen LogP) is 1.86. The number of pyridine rings is 1. The number of β-amino-alcohol motifs (C(OH)–C–C–N with tert-alkyl or cyclic N) is 1. The Morgan fingerprint density at radius 3 is 2.87 bits per heavy atom. The van der Waals surface area contributed by atoms with E-state index < -0.39 is 5.60 Å². The van der Waals surface area contributed by atoms with Crippen LogP contribution < -0.4 is 10.2 Å². The number of halogens is 1. The molecule has 2 heterocycles. The number of amides is 1. The molecule has 1 aliphatic carbocycles. The summed E-state index contributed by atoms with van der Waals surface area (Å²) in [6.07, 6.45) is 6.79. The summed E-state index contributed by atoms with van der Waals surface area (Å²) in [5.41, 5.74) is -0.956. The molecule has 0 aromatic carbocycles. The highest BCUT2D eigenvalue weighted by atomic mass is 19.1. The van der Waals surface area contributed by atoms with Gasteiger partial charge in [-0.2, -0.15) is 0 Å². The molecule has 3 rings (SSSR count). The Morgan fingerprint density at radius 2 is 2.17 bits per heavy atom. The van der Waals surface area contributed by atoms with Crippen LogP contribution >= 0.6 is 0 Å². The highest BCUT2D eigenvalue weighted by Gasteiger charge is 2.35. The summed E-state index contributed by atoms with van der Waals surface area (Å²) in [4.78, 5) is 18.2. The summed E-state index contributed by atoms with van der Waals surface area (Å²) >= 11 is 0. The van der Waals surface area contributed by atoms with Crippen LogP contribution in [-0.4, -0.2) is 41.2 Å². The summed E-state index contributed by atoms with van der Waals surface area (Å²) in [6.45, 7) is 1.44. The van der Waals surface area contributed by atoms with E-state index in [1.165, 1.54) is 12.3 Å². The second kappa shape index (κ2) is 6.83. The predicted molar refractivity (Wildman–Crippen MR) is 85.6 cm³/mol. The van der Waals surface area contributed by atoms with Gasteiger partial charge in [-0.1, -0.05) is 12.8 Å². The van der Waals surface area contributed by atoms with E-state index in [0.717, 1.165) is 38.6 Å². The fraction of sp³-hybridized carbons (Fsp3) is 0.647. The largest absolute Gasteiger partial charge is 0.386 e. The van der Waals surface area contributed by atoms with Gasteiger partial charge in [0.2, 0.25) is 5.91 Å². The summed E-state index contributed by atoms with van der Waals surface area (Å²) in [7, 11) is 0. The number of carbonyl (C=O) groups is 1. The van der Waals surface area contributed by atoms with Crippen molar-refractivity contribution in [2.75, 3.05) is 24.5 Å². The molecule has 1 atom stereocenters. The van der Waals surface area contributed by atoms with Crippen LogP contribution in [-0.2, 0) is 4.79 Å². The van der Waals surface area contributed by atoms with Crippen molar-refractivity contribution in [3.05, 3.63) is 24.1 Å². The molecule has 0 radical (unpaired) electrons. The normalized spacial score (nSPS) is 25.6. The van der Waals surface area contributed by atoms with Gasteiger partial charge in [0.15, 0.2) is 0 Å². The lowest BCUT2D eigenvalue weighted by Gasteiger charge is -2.40. The molecule has 1 aromatic heterocycles. The second-order valence-corrected chi connectivity index (χ2v) is 6.78. The smallest absolute Gasteiger partial charge is 0.223 e. The van der Waals surface area contributed by atoms with E-state index in [2.05, 4.69) is 10.3 Å². The van der Waals surface area contributed by atoms with Crippen LogP contribution in [0.3, 0.4) is 0 Å². The van der Waals surface area contributed by atoms with Crippen LogP contribution in [0.15, 0.2) is 18.3 Å². The number of anilines is 1. The van der Waals surface area contributed by atoms with Crippen LogP contribution in [0.1, 0.15) is 38.5 Å². The number of aliphatic hydroxyl groups is 1. The molecular formula is C17H24FN3O2. The van der Waals surface area contributed by atoms with E-state index in [-0.39, 0.29) is 24.2 Å². The maximum Gasteiger partial charge on any atom is 0.223 e.